The monoisotopic (exact) mass is 280 g/mol. The molecule has 3 nitrogen and oxygen atoms in total. The topological polar surface area (TPSA) is 43.4 Å². The van der Waals surface area contributed by atoms with Crippen molar-refractivity contribution in [2.75, 3.05) is 0 Å². The molecule has 7 heteroatoms. The molecule has 1 aromatic rings. The summed E-state index contributed by atoms with van der Waals surface area (Å²) < 4.78 is 61.3. The summed E-state index contributed by atoms with van der Waals surface area (Å²) in [5.41, 5.74) is -3.86. The van der Waals surface area contributed by atoms with Gasteiger partial charge in [0.15, 0.2) is 0 Å². The lowest BCUT2D eigenvalue weighted by Crippen LogP contribution is -2.25. The van der Waals surface area contributed by atoms with Crippen LogP contribution in [0.25, 0.3) is 0 Å². The molecule has 0 N–H and O–H groups in total. The Morgan fingerprint density at radius 3 is 2.17 bits per heavy atom. The summed E-state index contributed by atoms with van der Waals surface area (Å²) >= 11 is 0. The van der Waals surface area contributed by atoms with Crippen LogP contribution in [0.15, 0.2) is 24.3 Å². The smallest absolute Gasteiger partial charge is 0.258 e. The van der Waals surface area contributed by atoms with E-state index >= 15 is 0 Å². The molecule has 0 atom stereocenters. The van der Waals surface area contributed by atoms with E-state index in [9.17, 15) is 21.6 Å². The van der Waals surface area contributed by atoms with Crippen LogP contribution < -0.4 is 0 Å². The first-order chi connectivity index (χ1) is 8.29. The predicted octanol–water partition coefficient (Wildman–Crippen LogP) is 2.93. The molecule has 0 saturated heterocycles. The Labute approximate surface area is 103 Å². The highest BCUT2D eigenvalue weighted by Gasteiger charge is 2.47. The van der Waals surface area contributed by atoms with Crippen molar-refractivity contribution in [3.8, 4) is 0 Å². The highest BCUT2D eigenvalue weighted by Crippen LogP contribution is 2.39. The first kappa shape index (κ1) is 13.4. The fourth-order valence-electron chi connectivity index (χ4n) is 1.52. The van der Waals surface area contributed by atoms with Crippen LogP contribution in [-0.4, -0.2) is 13.9 Å². The zero-order valence-corrected chi connectivity index (χ0v) is 10.1. The largest absolute Gasteiger partial charge is 0.523 e. The molecule has 0 amide bonds. The second-order valence-electron chi connectivity index (χ2n) is 4.18. The minimum atomic E-state index is -5.51. The summed E-state index contributed by atoms with van der Waals surface area (Å²) in [7, 11) is -5.51. The molecule has 0 unspecified atom stereocenters. The molecule has 0 aliphatic heterocycles. The molecule has 1 aliphatic carbocycles. The van der Waals surface area contributed by atoms with Gasteiger partial charge in [-0.3, -0.25) is 4.18 Å². The molecule has 100 valence electrons. The molecular weight excluding hydrogens is 269 g/mol. The number of halogens is 3. The zero-order chi connectivity index (χ0) is 13.4. The molecule has 0 spiro atoms. The van der Waals surface area contributed by atoms with Gasteiger partial charge in [-0.05, 0) is 29.9 Å². The molecule has 1 aromatic carbocycles. The van der Waals surface area contributed by atoms with E-state index in [1.165, 1.54) is 0 Å². The van der Waals surface area contributed by atoms with E-state index < -0.39 is 22.2 Å². The van der Waals surface area contributed by atoms with E-state index in [0.29, 0.717) is 11.5 Å². The molecule has 0 bridgehead atoms. The second kappa shape index (κ2) is 4.55. The number of hydrogen-bond donors (Lipinski definition) is 0. The maximum Gasteiger partial charge on any atom is 0.523 e. The molecule has 0 heterocycles. The Kier molecular flexibility index (Phi) is 3.37. The van der Waals surface area contributed by atoms with Crippen LogP contribution in [0.4, 0.5) is 13.2 Å². The van der Waals surface area contributed by atoms with Crippen molar-refractivity contribution >= 4 is 10.1 Å². The van der Waals surface area contributed by atoms with Crippen molar-refractivity contribution in [2.45, 2.75) is 30.9 Å². The average Bonchev–Trinajstić information content (AvgIpc) is 3.09. The number of alkyl halides is 3. The van der Waals surface area contributed by atoms with Crippen LogP contribution in [0.3, 0.4) is 0 Å². The van der Waals surface area contributed by atoms with Gasteiger partial charge in [0.05, 0.1) is 6.61 Å². The molecule has 1 saturated carbocycles. The van der Waals surface area contributed by atoms with Crippen molar-refractivity contribution in [1.29, 1.82) is 0 Å². The molecule has 1 fully saturated rings. The third-order valence-corrected chi connectivity index (χ3v) is 3.69. The average molecular weight is 280 g/mol. The van der Waals surface area contributed by atoms with Gasteiger partial charge in [-0.15, -0.1) is 0 Å². The summed E-state index contributed by atoms with van der Waals surface area (Å²) in [6.07, 6.45) is 2.25. The Morgan fingerprint density at radius 2 is 1.72 bits per heavy atom. The maximum absolute atomic E-state index is 12.0. The molecule has 2 rings (SSSR count). The zero-order valence-electron chi connectivity index (χ0n) is 9.27. The third kappa shape index (κ3) is 3.02. The van der Waals surface area contributed by atoms with Crippen molar-refractivity contribution < 1.29 is 25.8 Å². The Balaban J connectivity index is 1.98. The number of benzene rings is 1. The quantitative estimate of drug-likeness (QED) is 0.629. The molecular formula is C11H11F3O3S. The van der Waals surface area contributed by atoms with E-state index in [0.717, 1.165) is 18.4 Å². The molecule has 0 aromatic heterocycles. The second-order valence-corrected chi connectivity index (χ2v) is 5.78. The SMILES string of the molecule is O=S(=O)(OCc1ccc(C2CC2)cc1)C(F)(F)F. The standard InChI is InChI=1S/C11H11F3O3S/c12-11(13,14)18(15,16)17-7-8-1-3-9(4-2-8)10-5-6-10/h1-4,10H,5-7H2. The van der Waals surface area contributed by atoms with E-state index in [1.807, 2.05) is 0 Å². The number of rotatable bonds is 4. The maximum atomic E-state index is 12.0. The number of hydrogen-bond acceptors (Lipinski definition) is 3. The fourth-order valence-corrected chi connectivity index (χ4v) is 1.94. The van der Waals surface area contributed by atoms with Crippen molar-refractivity contribution in [3.05, 3.63) is 35.4 Å². The van der Waals surface area contributed by atoms with E-state index in [-0.39, 0.29) is 0 Å². The summed E-state index contributed by atoms with van der Waals surface area (Å²) in [6, 6.07) is 6.74. The van der Waals surface area contributed by atoms with Gasteiger partial charge in [-0.1, -0.05) is 24.3 Å². The van der Waals surface area contributed by atoms with Gasteiger partial charge < -0.3 is 0 Å². The Hall–Kier alpha value is -1.08. The van der Waals surface area contributed by atoms with E-state index in [2.05, 4.69) is 4.18 Å². The van der Waals surface area contributed by atoms with Crippen molar-refractivity contribution in [3.63, 3.8) is 0 Å². The van der Waals surface area contributed by atoms with Crippen molar-refractivity contribution in [1.82, 2.24) is 0 Å². The van der Waals surface area contributed by atoms with Gasteiger partial charge in [0.25, 0.3) is 0 Å². The van der Waals surface area contributed by atoms with Crippen LogP contribution in [0.5, 0.6) is 0 Å². The molecule has 18 heavy (non-hydrogen) atoms. The summed E-state index contributed by atoms with van der Waals surface area (Å²) in [6.45, 7) is -0.604. The van der Waals surface area contributed by atoms with Gasteiger partial charge in [-0.25, -0.2) is 0 Å². The minimum absolute atomic E-state index is 0.396. The highest BCUT2D eigenvalue weighted by molar-refractivity contribution is 7.87. The van der Waals surface area contributed by atoms with Gasteiger partial charge in [0, 0.05) is 0 Å². The van der Waals surface area contributed by atoms with Gasteiger partial charge in [-0.2, -0.15) is 21.6 Å². The molecule has 1 aliphatic rings. The Morgan fingerprint density at radius 1 is 1.17 bits per heavy atom. The van der Waals surface area contributed by atoms with Crippen LogP contribution in [0, 0.1) is 0 Å². The van der Waals surface area contributed by atoms with Crippen LogP contribution in [0.2, 0.25) is 0 Å². The lowest BCUT2D eigenvalue weighted by Gasteiger charge is -2.08. The first-order valence-electron chi connectivity index (χ1n) is 5.34. The molecule has 0 radical (unpaired) electrons. The lowest BCUT2D eigenvalue weighted by atomic mass is 10.1. The van der Waals surface area contributed by atoms with Crippen LogP contribution in [0.1, 0.15) is 29.9 Å². The van der Waals surface area contributed by atoms with Gasteiger partial charge in [0.1, 0.15) is 0 Å². The fraction of sp³-hybridized carbons (Fsp3) is 0.455. The van der Waals surface area contributed by atoms with Crippen LogP contribution >= 0.6 is 0 Å². The van der Waals surface area contributed by atoms with E-state index in [4.69, 9.17) is 0 Å². The minimum Gasteiger partial charge on any atom is -0.258 e. The van der Waals surface area contributed by atoms with Gasteiger partial charge in [0.2, 0.25) is 0 Å². The third-order valence-electron chi connectivity index (χ3n) is 2.69. The summed E-state index contributed by atoms with van der Waals surface area (Å²) in [4.78, 5) is 0. The predicted molar refractivity (Wildman–Crippen MR) is 58.2 cm³/mol. The van der Waals surface area contributed by atoms with Crippen LogP contribution in [-0.2, 0) is 20.9 Å². The van der Waals surface area contributed by atoms with Gasteiger partial charge >= 0.3 is 15.6 Å². The lowest BCUT2D eigenvalue weighted by molar-refractivity contribution is -0.0547. The Bertz CT molecular complexity index is 515. The van der Waals surface area contributed by atoms with Crippen molar-refractivity contribution in [2.24, 2.45) is 0 Å². The highest BCUT2D eigenvalue weighted by atomic mass is 32.2. The summed E-state index contributed by atoms with van der Waals surface area (Å²) in [5, 5.41) is 0. The summed E-state index contributed by atoms with van der Waals surface area (Å²) in [5.74, 6) is 0.541. The normalized spacial score (nSPS) is 16.8. The first-order valence-corrected chi connectivity index (χ1v) is 6.75. The van der Waals surface area contributed by atoms with E-state index in [1.54, 1.807) is 24.3 Å².